The van der Waals surface area contributed by atoms with E-state index in [0.717, 1.165) is 5.56 Å². The van der Waals surface area contributed by atoms with Gasteiger partial charge in [0.15, 0.2) is 11.4 Å². The molecular weight excluding hydrogens is 439 g/mol. The van der Waals surface area contributed by atoms with Crippen LogP contribution in [0, 0.1) is 0 Å². The Hall–Kier alpha value is -2.58. The fraction of sp³-hybridized carbons (Fsp3) is 0.273. The van der Waals surface area contributed by atoms with Crippen LogP contribution in [0.5, 0.6) is 5.75 Å². The van der Waals surface area contributed by atoms with Crippen LogP contribution in [0.15, 0.2) is 48.5 Å². The van der Waals surface area contributed by atoms with Gasteiger partial charge < -0.3 is 9.47 Å². The molecule has 3 aromatic rings. The summed E-state index contributed by atoms with van der Waals surface area (Å²) in [6.07, 6.45) is 0. The number of para-hydroxylation sites is 1. The molecule has 9 heteroatoms. The lowest BCUT2D eigenvalue weighted by molar-refractivity contribution is 0.0123. The second-order valence-electron chi connectivity index (χ2n) is 6.87. The van der Waals surface area contributed by atoms with Crippen molar-refractivity contribution >= 4 is 29.1 Å². The molecule has 0 aliphatic carbocycles. The van der Waals surface area contributed by atoms with Crippen molar-refractivity contribution < 1.29 is 14.3 Å². The number of rotatable bonds is 6. The molecule has 1 N–H and O–H groups in total. The van der Waals surface area contributed by atoms with E-state index in [0.29, 0.717) is 60.1 Å². The van der Waals surface area contributed by atoms with Crippen LogP contribution in [-0.4, -0.2) is 53.6 Å². The number of morpholine rings is 1. The fourth-order valence-corrected chi connectivity index (χ4v) is 3.71. The van der Waals surface area contributed by atoms with E-state index >= 15 is 0 Å². The Bertz CT molecular complexity index is 1060. The first kappa shape index (κ1) is 21.6. The number of carbonyl (C=O) groups excluding carboxylic acids is 1. The number of carbonyl (C=O) groups is 1. The first-order valence-corrected chi connectivity index (χ1v) is 10.7. The van der Waals surface area contributed by atoms with Crippen LogP contribution < -0.4 is 10.2 Å². The van der Waals surface area contributed by atoms with E-state index in [9.17, 15) is 4.79 Å². The Kier molecular flexibility index (Phi) is 6.77. The highest BCUT2D eigenvalue weighted by molar-refractivity contribution is 6.32. The van der Waals surface area contributed by atoms with E-state index < -0.39 is 0 Å². The minimum atomic E-state index is -0.355. The molecule has 0 spiro atoms. The summed E-state index contributed by atoms with van der Waals surface area (Å²) in [5, 5.41) is 7.56. The number of ether oxygens (including phenoxy) is 2. The van der Waals surface area contributed by atoms with Gasteiger partial charge in [-0.2, -0.15) is 5.10 Å². The van der Waals surface area contributed by atoms with Crippen LogP contribution >= 0.6 is 23.2 Å². The van der Waals surface area contributed by atoms with Gasteiger partial charge in [-0.3, -0.25) is 10.2 Å². The molecule has 0 unspecified atom stereocenters. The second-order valence-corrected chi connectivity index (χ2v) is 7.71. The third kappa shape index (κ3) is 4.70. The van der Waals surface area contributed by atoms with Crippen LogP contribution in [0.25, 0.3) is 16.9 Å². The van der Waals surface area contributed by atoms with Gasteiger partial charge in [-0.05, 0) is 31.2 Å². The van der Waals surface area contributed by atoms with Crippen LogP contribution in [0.1, 0.15) is 17.4 Å². The highest BCUT2D eigenvalue weighted by Gasteiger charge is 2.28. The van der Waals surface area contributed by atoms with Gasteiger partial charge >= 0.3 is 0 Å². The predicted molar refractivity (Wildman–Crippen MR) is 120 cm³/mol. The van der Waals surface area contributed by atoms with Crippen molar-refractivity contribution in [1.82, 2.24) is 20.2 Å². The van der Waals surface area contributed by atoms with E-state index in [2.05, 4.69) is 10.5 Å². The Morgan fingerprint density at radius 2 is 1.84 bits per heavy atom. The molecule has 0 bridgehead atoms. The van der Waals surface area contributed by atoms with Crippen molar-refractivity contribution in [2.45, 2.75) is 6.92 Å². The summed E-state index contributed by atoms with van der Waals surface area (Å²) < 4.78 is 12.9. The standard InChI is InChI=1S/C22H22Cl2N4O3/c1-2-31-21-19(22(29)26-27-11-13-30-14-12-27)25-28(18-6-4-3-5-17(18)24)20(21)15-7-9-16(23)10-8-15/h3-10H,2,11-14H2,1H3,(H,26,29). The van der Waals surface area contributed by atoms with E-state index in [1.54, 1.807) is 22.9 Å². The molecule has 0 radical (unpaired) electrons. The molecule has 0 atom stereocenters. The largest absolute Gasteiger partial charge is 0.489 e. The number of nitrogens with zero attached hydrogens (tertiary/aromatic N) is 3. The SMILES string of the molecule is CCOc1c(C(=O)NN2CCOCC2)nn(-c2ccccc2Cl)c1-c1ccc(Cl)cc1. The van der Waals surface area contributed by atoms with Crippen molar-refractivity contribution in [2.24, 2.45) is 0 Å². The van der Waals surface area contributed by atoms with Crippen molar-refractivity contribution in [3.8, 4) is 22.7 Å². The molecule has 1 aliphatic heterocycles. The first-order chi connectivity index (χ1) is 15.1. The van der Waals surface area contributed by atoms with E-state index in [1.165, 1.54) is 0 Å². The Labute approximate surface area is 190 Å². The van der Waals surface area contributed by atoms with Gasteiger partial charge in [0.2, 0.25) is 0 Å². The molecule has 162 valence electrons. The molecule has 0 saturated carbocycles. The number of hydrogen-bond donors (Lipinski definition) is 1. The zero-order valence-electron chi connectivity index (χ0n) is 17.0. The summed E-state index contributed by atoms with van der Waals surface area (Å²) in [6, 6.07) is 14.6. The number of amides is 1. The van der Waals surface area contributed by atoms with Gasteiger partial charge in [-0.25, -0.2) is 9.69 Å². The lowest BCUT2D eigenvalue weighted by Gasteiger charge is -2.26. The van der Waals surface area contributed by atoms with Gasteiger partial charge in [-0.1, -0.05) is 47.5 Å². The van der Waals surface area contributed by atoms with E-state index in [4.69, 9.17) is 32.7 Å². The molecule has 1 amide bonds. The maximum Gasteiger partial charge on any atom is 0.289 e. The second kappa shape index (κ2) is 9.70. The third-order valence-electron chi connectivity index (χ3n) is 4.81. The number of aromatic nitrogens is 2. The topological polar surface area (TPSA) is 68.6 Å². The summed E-state index contributed by atoms with van der Waals surface area (Å²) >= 11 is 12.6. The molecule has 1 aliphatic rings. The van der Waals surface area contributed by atoms with Gasteiger partial charge in [0.05, 0.1) is 30.5 Å². The van der Waals surface area contributed by atoms with E-state index in [1.807, 2.05) is 42.3 Å². The van der Waals surface area contributed by atoms with Gasteiger partial charge in [0.1, 0.15) is 5.69 Å². The lowest BCUT2D eigenvalue weighted by Crippen LogP contribution is -2.48. The fourth-order valence-electron chi connectivity index (χ4n) is 3.36. The molecular formula is C22H22Cl2N4O3. The van der Waals surface area contributed by atoms with Gasteiger partial charge in [0.25, 0.3) is 5.91 Å². The summed E-state index contributed by atoms with van der Waals surface area (Å²) in [7, 11) is 0. The summed E-state index contributed by atoms with van der Waals surface area (Å²) in [5.74, 6) is 0.0295. The van der Waals surface area contributed by atoms with Crippen molar-refractivity contribution in [3.63, 3.8) is 0 Å². The Morgan fingerprint density at radius 3 is 2.52 bits per heavy atom. The molecule has 2 aromatic carbocycles. The van der Waals surface area contributed by atoms with Crippen molar-refractivity contribution in [3.05, 3.63) is 64.3 Å². The minimum Gasteiger partial charge on any atom is -0.489 e. The van der Waals surface area contributed by atoms with E-state index in [-0.39, 0.29) is 11.6 Å². The van der Waals surface area contributed by atoms with Crippen molar-refractivity contribution in [1.29, 1.82) is 0 Å². The summed E-state index contributed by atoms with van der Waals surface area (Å²) in [6.45, 7) is 4.55. The molecule has 1 saturated heterocycles. The number of hydrogen-bond acceptors (Lipinski definition) is 5. The summed E-state index contributed by atoms with van der Waals surface area (Å²) in [5.41, 5.74) is 5.14. The number of hydrazine groups is 1. The van der Waals surface area contributed by atoms with Gasteiger partial charge in [0, 0.05) is 23.7 Å². The zero-order chi connectivity index (χ0) is 21.8. The molecule has 1 fully saturated rings. The Balaban J connectivity index is 1.85. The summed E-state index contributed by atoms with van der Waals surface area (Å²) in [4.78, 5) is 13.2. The smallest absolute Gasteiger partial charge is 0.289 e. The number of halogens is 2. The molecule has 7 nitrogen and oxygen atoms in total. The predicted octanol–water partition coefficient (Wildman–Crippen LogP) is 4.22. The zero-order valence-corrected chi connectivity index (χ0v) is 18.5. The van der Waals surface area contributed by atoms with Crippen LogP contribution in [0.2, 0.25) is 10.0 Å². The highest BCUT2D eigenvalue weighted by atomic mass is 35.5. The van der Waals surface area contributed by atoms with Crippen molar-refractivity contribution in [2.75, 3.05) is 32.9 Å². The monoisotopic (exact) mass is 460 g/mol. The molecule has 1 aromatic heterocycles. The normalized spacial score (nSPS) is 14.4. The Morgan fingerprint density at radius 1 is 1.13 bits per heavy atom. The molecule has 2 heterocycles. The van der Waals surface area contributed by atoms with Crippen LogP contribution in [0.4, 0.5) is 0 Å². The quantitative estimate of drug-likeness (QED) is 0.596. The number of benzene rings is 2. The highest BCUT2D eigenvalue weighted by Crippen LogP contribution is 2.37. The minimum absolute atomic E-state index is 0.179. The third-order valence-corrected chi connectivity index (χ3v) is 5.39. The number of nitrogens with one attached hydrogen (secondary N) is 1. The van der Waals surface area contributed by atoms with Crippen LogP contribution in [0.3, 0.4) is 0 Å². The first-order valence-electron chi connectivity index (χ1n) is 9.98. The van der Waals surface area contributed by atoms with Gasteiger partial charge in [-0.15, -0.1) is 0 Å². The molecule has 31 heavy (non-hydrogen) atoms. The average molecular weight is 461 g/mol. The lowest BCUT2D eigenvalue weighted by atomic mass is 10.1. The maximum absolute atomic E-state index is 13.2. The maximum atomic E-state index is 13.2. The van der Waals surface area contributed by atoms with Crippen LogP contribution in [-0.2, 0) is 4.74 Å². The molecule has 4 rings (SSSR count). The average Bonchev–Trinajstić information content (AvgIpc) is 3.15.